The van der Waals surface area contributed by atoms with E-state index in [1.807, 2.05) is 29.8 Å². The van der Waals surface area contributed by atoms with Crippen LogP contribution in [0, 0.1) is 11.6 Å². The van der Waals surface area contributed by atoms with E-state index in [0.717, 1.165) is 40.5 Å². The van der Waals surface area contributed by atoms with E-state index < -0.39 is 17.5 Å². The number of amides is 1. The summed E-state index contributed by atoms with van der Waals surface area (Å²) in [5.74, 6) is -1.96. The smallest absolute Gasteiger partial charge is 0.286 e. The first kappa shape index (κ1) is 16.5. The Kier molecular flexibility index (Phi) is 4.04. The van der Waals surface area contributed by atoms with Gasteiger partial charge in [-0.2, -0.15) is 4.99 Å². The summed E-state index contributed by atoms with van der Waals surface area (Å²) in [6.07, 6.45) is 3.40. The minimum Gasteiger partial charge on any atom is -0.334 e. The summed E-state index contributed by atoms with van der Waals surface area (Å²) in [5, 5.41) is 2.68. The molecule has 2 aromatic carbocycles. The molecule has 0 saturated heterocycles. The number of rotatable bonds is 2. The number of benzene rings is 2. The molecule has 1 amide bonds. The fourth-order valence-electron chi connectivity index (χ4n) is 2.57. The molecule has 0 spiro atoms. The number of fused-ring (bicyclic) bond motifs is 1. The van der Waals surface area contributed by atoms with Crippen molar-refractivity contribution >= 4 is 45.6 Å². The average molecular weight is 370 g/mol. The number of carbonyl (C=O) groups excluding carboxylic acids is 1. The highest BCUT2D eigenvalue weighted by atomic mass is 32.2. The topological polar surface area (TPSA) is 59.3 Å². The Balaban J connectivity index is 1.59. The fourth-order valence-corrected chi connectivity index (χ4v) is 3.39. The van der Waals surface area contributed by atoms with Gasteiger partial charge in [-0.15, -0.1) is 0 Å². The number of para-hydroxylation sites is 1. The third-order valence-corrected chi connectivity index (χ3v) is 4.76. The van der Waals surface area contributed by atoms with Crippen LogP contribution in [0.2, 0.25) is 0 Å². The Morgan fingerprint density at radius 2 is 1.96 bits per heavy atom. The normalized spacial score (nSPS) is 15.7. The number of nitrogens with one attached hydrogen (secondary N) is 1. The van der Waals surface area contributed by atoms with Gasteiger partial charge in [-0.05, 0) is 47.7 Å². The minimum atomic E-state index is -0.750. The number of hydrogen-bond acceptors (Lipinski definition) is 4. The summed E-state index contributed by atoms with van der Waals surface area (Å²) < 4.78 is 29.3. The zero-order valence-corrected chi connectivity index (χ0v) is 14.3. The molecule has 0 radical (unpaired) electrons. The van der Waals surface area contributed by atoms with Gasteiger partial charge in [-0.3, -0.25) is 4.79 Å². The van der Waals surface area contributed by atoms with Crippen molar-refractivity contribution in [1.29, 1.82) is 0 Å². The van der Waals surface area contributed by atoms with Gasteiger partial charge in [-0.1, -0.05) is 12.1 Å². The third kappa shape index (κ3) is 2.99. The highest BCUT2D eigenvalue weighted by molar-refractivity contribution is 8.18. The number of carbonyl (C=O) groups is 1. The van der Waals surface area contributed by atoms with Gasteiger partial charge in [-0.25, -0.2) is 13.8 Å². The SMILES string of the molecule is Cn1cnc2ccc(C=C3SC(Nc4c(F)cccc4F)=NC3=O)cc21. The molecule has 0 atom stereocenters. The van der Waals surface area contributed by atoms with E-state index in [1.54, 1.807) is 12.4 Å². The van der Waals surface area contributed by atoms with Gasteiger partial charge in [0.2, 0.25) is 0 Å². The molecule has 5 nitrogen and oxygen atoms in total. The van der Waals surface area contributed by atoms with Gasteiger partial charge in [0.15, 0.2) is 5.17 Å². The van der Waals surface area contributed by atoms with Gasteiger partial charge in [0.1, 0.15) is 17.3 Å². The number of anilines is 1. The molecular formula is C18H12F2N4OS. The molecular weight excluding hydrogens is 358 g/mol. The lowest BCUT2D eigenvalue weighted by molar-refractivity contribution is -0.113. The average Bonchev–Trinajstić information content (AvgIpc) is 3.14. The van der Waals surface area contributed by atoms with Crippen molar-refractivity contribution in [2.45, 2.75) is 0 Å². The summed E-state index contributed by atoms with van der Waals surface area (Å²) >= 11 is 1.03. The Labute approximate surface area is 151 Å². The number of hydrogen-bond donors (Lipinski definition) is 1. The van der Waals surface area contributed by atoms with Crippen LogP contribution in [0.1, 0.15) is 5.56 Å². The number of thioether (sulfide) groups is 1. The molecule has 0 unspecified atom stereocenters. The summed E-state index contributed by atoms with van der Waals surface area (Å²) in [4.78, 5) is 20.5. The molecule has 4 rings (SSSR count). The van der Waals surface area contributed by atoms with Crippen molar-refractivity contribution in [2.24, 2.45) is 12.0 Å². The number of aryl methyl sites for hydroxylation is 1. The molecule has 0 aliphatic carbocycles. The van der Waals surface area contributed by atoms with Crippen molar-refractivity contribution < 1.29 is 13.6 Å². The summed E-state index contributed by atoms with van der Waals surface area (Å²) in [5.41, 5.74) is 2.27. The molecule has 0 bridgehead atoms. The summed E-state index contributed by atoms with van der Waals surface area (Å²) in [6.45, 7) is 0. The Morgan fingerprint density at radius 3 is 2.73 bits per heavy atom. The Morgan fingerprint density at radius 1 is 1.19 bits per heavy atom. The molecule has 8 heteroatoms. The van der Waals surface area contributed by atoms with E-state index in [0.29, 0.717) is 4.91 Å². The predicted molar refractivity (Wildman–Crippen MR) is 98.7 cm³/mol. The number of imidazole rings is 1. The van der Waals surface area contributed by atoms with Crippen molar-refractivity contribution in [3.05, 3.63) is 64.8 Å². The zero-order chi connectivity index (χ0) is 18.3. The fraction of sp³-hybridized carbons (Fsp3) is 0.0556. The van der Waals surface area contributed by atoms with Gasteiger partial charge in [0.05, 0.1) is 22.3 Å². The standard InChI is InChI=1S/C18H12F2N4OS/c1-24-9-21-13-6-5-10(7-14(13)24)8-15-17(25)23-18(26-15)22-16-11(19)3-2-4-12(16)20/h2-9H,1H3,(H,22,23,25). The first-order valence-electron chi connectivity index (χ1n) is 7.66. The van der Waals surface area contributed by atoms with E-state index >= 15 is 0 Å². The largest absolute Gasteiger partial charge is 0.334 e. The maximum Gasteiger partial charge on any atom is 0.286 e. The molecule has 130 valence electrons. The van der Waals surface area contributed by atoms with Crippen molar-refractivity contribution in [3.8, 4) is 0 Å². The van der Waals surface area contributed by atoms with Crippen LogP contribution in [0.3, 0.4) is 0 Å². The van der Waals surface area contributed by atoms with Gasteiger partial charge >= 0.3 is 0 Å². The van der Waals surface area contributed by atoms with Crippen LogP contribution in [-0.4, -0.2) is 20.6 Å². The maximum absolute atomic E-state index is 13.7. The monoisotopic (exact) mass is 370 g/mol. The molecule has 0 saturated carbocycles. The first-order valence-corrected chi connectivity index (χ1v) is 8.47. The first-order chi connectivity index (χ1) is 12.5. The van der Waals surface area contributed by atoms with Gasteiger partial charge in [0, 0.05) is 7.05 Å². The summed E-state index contributed by atoms with van der Waals surface area (Å²) in [7, 11) is 1.88. The highest BCUT2D eigenvalue weighted by Crippen LogP contribution is 2.31. The molecule has 0 fully saturated rings. The third-order valence-electron chi connectivity index (χ3n) is 3.86. The number of aliphatic imine (C=N–C) groups is 1. The van der Waals surface area contributed by atoms with Gasteiger partial charge < -0.3 is 9.88 Å². The van der Waals surface area contributed by atoms with E-state index in [2.05, 4.69) is 15.3 Å². The summed E-state index contributed by atoms with van der Waals surface area (Å²) in [6, 6.07) is 9.15. The van der Waals surface area contributed by atoms with E-state index in [1.165, 1.54) is 6.07 Å². The van der Waals surface area contributed by atoms with Crippen LogP contribution in [0.15, 0.2) is 52.6 Å². The second kappa shape index (κ2) is 6.38. The zero-order valence-electron chi connectivity index (χ0n) is 13.5. The molecule has 1 aliphatic heterocycles. The van der Waals surface area contributed by atoms with E-state index in [-0.39, 0.29) is 10.9 Å². The predicted octanol–water partition coefficient (Wildman–Crippen LogP) is 3.93. The quantitative estimate of drug-likeness (QED) is 0.695. The van der Waals surface area contributed by atoms with E-state index in [9.17, 15) is 13.6 Å². The number of amidine groups is 1. The molecule has 1 aliphatic rings. The molecule has 3 aromatic rings. The second-order valence-corrected chi connectivity index (χ2v) is 6.69. The number of nitrogens with zero attached hydrogens (tertiary/aromatic N) is 3. The number of aromatic nitrogens is 2. The van der Waals surface area contributed by atoms with Crippen molar-refractivity contribution in [1.82, 2.24) is 9.55 Å². The molecule has 26 heavy (non-hydrogen) atoms. The number of halogens is 2. The molecule has 1 N–H and O–H groups in total. The molecule has 2 heterocycles. The maximum atomic E-state index is 13.7. The lowest BCUT2D eigenvalue weighted by Crippen LogP contribution is -2.08. The van der Waals surface area contributed by atoms with E-state index in [4.69, 9.17) is 0 Å². The minimum absolute atomic E-state index is 0.131. The van der Waals surface area contributed by atoms with Crippen LogP contribution >= 0.6 is 11.8 Å². The highest BCUT2D eigenvalue weighted by Gasteiger charge is 2.23. The molecule has 1 aromatic heterocycles. The van der Waals surface area contributed by atoms with Crippen LogP contribution < -0.4 is 5.32 Å². The van der Waals surface area contributed by atoms with Crippen LogP contribution in [0.25, 0.3) is 17.1 Å². The van der Waals surface area contributed by atoms with Crippen LogP contribution in [0.4, 0.5) is 14.5 Å². The van der Waals surface area contributed by atoms with Gasteiger partial charge in [0.25, 0.3) is 5.91 Å². The van der Waals surface area contributed by atoms with Crippen LogP contribution in [-0.2, 0) is 11.8 Å². The second-order valence-electron chi connectivity index (χ2n) is 5.66. The van der Waals surface area contributed by atoms with Crippen molar-refractivity contribution in [2.75, 3.05) is 5.32 Å². The Hall–Kier alpha value is -3.00. The lowest BCUT2D eigenvalue weighted by atomic mass is 10.2. The van der Waals surface area contributed by atoms with Crippen LogP contribution in [0.5, 0.6) is 0 Å². The Bertz CT molecular complexity index is 1080. The lowest BCUT2D eigenvalue weighted by Gasteiger charge is -2.06. The van der Waals surface area contributed by atoms with Crippen molar-refractivity contribution in [3.63, 3.8) is 0 Å².